The van der Waals surface area contributed by atoms with Crippen molar-refractivity contribution in [3.8, 4) is 22.9 Å². The number of nitrogens with zero attached hydrogens (tertiary/aromatic N) is 2. The van der Waals surface area contributed by atoms with Gasteiger partial charge in [0.2, 0.25) is 11.7 Å². The van der Waals surface area contributed by atoms with Gasteiger partial charge in [0.1, 0.15) is 24.9 Å². The van der Waals surface area contributed by atoms with E-state index in [4.69, 9.17) is 14.2 Å². The number of nitrogens with one attached hydrogen (secondary N) is 1. The van der Waals surface area contributed by atoms with Gasteiger partial charge in [0.25, 0.3) is 0 Å². The summed E-state index contributed by atoms with van der Waals surface area (Å²) in [5.41, 5.74) is 1.81. The summed E-state index contributed by atoms with van der Waals surface area (Å²) in [4.78, 5) is 16.3. The Kier molecular flexibility index (Phi) is 5.88. The number of imidazole rings is 1. The predicted molar refractivity (Wildman–Crippen MR) is 113 cm³/mol. The molecular formula is C23H22FN3O4. The molecule has 7 nitrogen and oxygen atoms in total. The third kappa shape index (κ3) is 4.53. The first-order valence-electron chi connectivity index (χ1n) is 9.77. The highest BCUT2D eigenvalue weighted by Crippen LogP contribution is 2.40. The van der Waals surface area contributed by atoms with Crippen LogP contribution in [-0.4, -0.2) is 35.8 Å². The number of carbonyl (C=O) groups is 1. The van der Waals surface area contributed by atoms with Crippen LogP contribution in [-0.2, 0) is 11.3 Å². The van der Waals surface area contributed by atoms with Crippen molar-refractivity contribution in [3.05, 3.63) is 71.6 Å². The molecule has 31 heavy (non-hydrogen) atoms. The molecule has 1 aromatic heterocycles. The highest BCUT2D eigenvalue weighted by atomic mass is 19.1. The number of aromatic nitrogens is 2. The number of hydrogen-bond acceptors (Lipinski definition) is 5. The molecule has 4 rings (SSSR count). The molecule has 0 spiro atoms. The zero-order chi connectivity index (χ0) is 21.8. The topological polar surface area (TPSA) is 74.6 Å². The molecule has 0 atom stereocenters. The van der Waals surface area contributed by atoms with Gasteiger partial charge >= 0.3 is 0 Å². The number of fused-ring (bicyclic) bond motifs is 1. The molecule has 0 fully saturated rings. The number of hydrogen-bond donors (Lipinski definition) is 1. The van der Waals surface area contributed by atoms with Gasteiger partial charge in [-0.05, 0) is 48.4 Å². The second kappa shape index (κ2) is 8.91. The Morgan fingerprint density at radius 2 is 2.13 bits per heavy atom. The summed E-state index contributed by atoms with van der Waals surface area (Å²) < 4.78 is 32.7. The van der Waals surface area contributed by atoms with E-state index in [9.17, 15) is 9.18 Å². The maximum absolute atomic E-state index is 14.5. The van der Waals surface area contributed by atoms with E-state index >= 15 is 0 Å². The first-order chi connectivity index (χ1) is 15.0. The van der Waals surface area contributed by atoms with Gasteiger partial charge in [-0.25, -0.2) is 9.37 Å². The van der Waals surface area contributed by atoms with Crippen molar-refractivity contribution in [3.63, 3.8) is 0 Å². The van der Waals surface area contributed by atoms with Crippen molar-refractivity contribution in [1.82, 2.24) is 14.9 Å². The Hall–Kier alpha value is -3.81. The molecule has 2 heterocycles. The molecule has 1 amide bonds. The normalized spacial score (nSPS) is 12.7. The van der Waals surface area contributed by atoms with Gasteiger partial charge in [-0.2, -0.15) is 0 Å². The van der Waals surface area contributed by atoms with Crippen LogP contribution >= 0.6 is 0 Å². The van der Waals surface area contributed by atoms with E-state index in [1.54, 1.807) is 61.3 Å². The zero-order valence-electron chi connectivity index (χ0n) is 17.2. The summed E-state index contributed by atoms with van der Waals surface area (Å²) in [5.74, 6) is 1.69. The molecule has 0 saturated carbocycles. The van der Waals surface area contributed by atoms with Crippen LogP contribution in [0.1, 0.15) is 17.0 Å². The number of amides is 1. The summed E-state index contributed by atoms with van der Waals surface area (Å²) in [6.45, 7) is 2.93. The number of rotatable bonds is 6. The van der Waals surface area contributed by atoms with E-state index in [-0.39, 0.29) is 18.3 Å². The Morgan fingerprint density at radius 1 is 1.29 bits per heavy atom. The Morgan fingerprint density at radius 3 is 2.87 bits per heavy atom. The molecule has 1 aliphatic heterocycles. The largest absolute Gasteiger partial charge is 0.493 e. The first kappa shape index (κ1) is 20.5. The van der Waals surface area contributed by atoms with Gasteiger partial charge in [0.05, 0.1) is 12.8 Å². The van der Waals surface area contributed by atoms with Crippen molar-refractivity contribution >= 4 is 12.0 Å². The third-order valence-corrected chi connectivity index (χ3v) is 4.84. The van der Waals surface area contributed by atoms with Crippen LogP contribution in [0.3, 0.4) is 0 Å². The first-order valence-corrected chi connectivity index (χ1v) is 9.77. The molecule has 1 N–H and O–H groups in total. The van der Waals surface area contributed by atoms with Gasteiger partial charge in [-0.15, -0.1) is 0 Å². The molecule has 0 unspecified atom stereocenters. The SMILES string of the molecule is COc1cc(/C=C/C(=O)NCc2ccc(-n3ccnc3C)c(F)c2)cc2c1OCCO2. The molecule has 0 aliphatic carbocycles. The van der Waals surface area contributed by atoms with Crippen molar-refractivity contribution in [1.29, 1.82) is 0 Å². The highest BCUT2D eigenvalue weighted by molar-refractivity contribution is 5.91. The summed E-state index contributed by atoms with van der Waals surface area (Å²) in [6, 6.07) is 8.40. The fourth-order valence-electron chi connectivity index (χ4n) is 3.30. The minimum Gasteiger partial charge on any atom is -0.493 e. The van der Waals surface area contributed by atoms with Crippen LogP contribution in [0.15, 0.2) is 48.8 Å². The van der Waals surface area contributed by atoms with Crippen LogP contribution in [0.5, 0.6) is 17.2 Å². The fraction of sp³-hybridized carbons (Fsp3) is 0.217. The quantitative estimate of drug-likeness (QED) is 0.615. The number of ether oxygens (including phenoxy) is 3. The average molecular weight is 423 g/mol. The predicted octanol–water partition coefficient (Wildman–Crippen LogP) is 3.43. The number of benzene rings is 2. The minimum atomic E-state index is -0.383. The molecule has 2 aromatic carbocycles. The molecular weight excluding hydrogens is 401 g/mol. The lowest BCUT2D eigenvalue weighted by atomic mass is 10.1. The van der Waals surface area contributed by atoms with Gasteiger partial charge in [0.15, 0.2) is 11.5 Å². The van der Waals surface area contributed by atoms with E-state index in [0.717, 1.165) is 5.56 Å². The maximum atomic E-state index is 14.5. The van der Waals surface area contributed by atoms with E-state index in [0.29, 0.717) is 47.5 Å². The number of carbonyl (C=O) groups excluding carboxylic acids is 1. The molecule has 160 valence electrons. The van der Waals surface area contributed by atoms with Gasteiger partial charge in [-0.3, -0.25) is 4.79 Å². The van der Waals surface area contributed by atoms with Crippen molar-refractivity contribution in [2.75, 3.05) is 20.3 Å². The molecule has 3 aromatic rings. The summed E-state index contributed by atoms with van der Waals surface area (Å²) in [7, 11) is 1.55. The van der Waals surface area contributed by atoms with Gasteiger partial charge in [0, 0.05) is 25.0 Å². The van der Waals surface area contributed by atoms with Crippen molar-refractivity contribution < 1.29 is 23.4 Å². The number of aryl methyl sites for hydroxylation is 1. The second-order valence-corrected chi connectivity index (χ2v) is 6.93. The van der Waals surface area contributed by atoms with Crippen LogP contribution in [0, 0.1) is 12.7 Å². The molecule has 8 heteroatoms. The Labute approximate surface area is 179 Å². The monoisotopic (exact) mass is 423 g/mol. The van der Waals surface area contributed by atoms with E-state index < -0.39 is 0 Å². The molecule has 0 radical (unpaired) electrons. The van der Waals surface area contributed by atoms with E-state index in [1.807, 2.05) is 0 Å². The molecule has 0 bridgehead atoms. The zero-order valence-corrected chi connectivity index (χ0v) is 17.2. The van der Waals surface area contributed by atoms with Crippen LogP contribution in [0.2, 0.25) is 0 Å². The standard InChI is InChI=1S/C23H22FN3O4/c1-15-25-7-8-27(15)19-5-3-17(11-18(19)24)14-26-22(28)6-4-16-12-20(29-2)23-21(13-16)30-9-10-31-23/h3-8,11-13H,9-10,14H2,1-2H3,(H,26,28)/b6-4+. The molecule has 0 saturated heterocycles. The minimum absolute atomic E-state index is 0.202. The lowest BCUT2D eigenvalue weighted by Gasteiger charge is -2.20. The maximum Gasteiger partial charge on any atom is 0.244 e. The average Bonchev–Trinajstić information content (AvgIpc) is 3.21. The Balaban J connectivity index is 1.40. The fourth-order valence-corrected chi connectivity index (χ4v) is 3.30. The van der Waals surface area contributed by atoms with Crippen LogP contribution in [0.25, 0.3) is 11.8 Å². The summed E-state index contributed by atoms with van der Waals surface area (Å²) in [5, 5.41) is 2.75. The smallest absolute Gasteiger partial charge is 0.244 e. The van der Waals surface area contributed by atoms with Crippen molar-refractivity contribution in [2.45, 2.75) is 13.5 Å². The molecule has 1 aliphatic rings. The van der Waals surface area contributed by atoms with Crippen molar-refractivity contribution in [2.24, 2.45) is 0 Å². The number of halogens is 1. The Bertz CT molecular complexity index is 1120. The van der Waals surface area contributed by atoms with Gasteiger partial charge < -0.3 is 24.1 Å². The third-order valence-electron chi connectivity index (χ3n) is 4.84. The highest BCUT2D eigenvalue weighted by Gasteiger charge is 2.17. The summed E-state index contributed by atoms with van der Waals surface area (Å²) in [6.07, 6.45) is 6.38. The van der Waals surface area contributed by atoms with E-state index in [2.05, 4.69) is 10.3 Å². The summed E-state index contributed by atoms with van der Waals surface area (Å²) >= 11 is 0. The number of methoxy groups -OCH3 is 1. The van der Waals surface area contributed by atoms with Crippen LogP contribution in [0.4, 0.5) is 4.39 Å². The lowest BCUT2D eigenvalue weighted by molar-refractivity contribution is -0.116. The van der Waals surface area contributed by atoms with Gasteiger partial charge in [-0.1, -0.05) is 6.07 Å². The second-order valence-electron chi connectivity index (χ2n) is 6.93. The van der Waals surface area contributed by atoms with Crippen LogP contribution < -0.4 is 19.5 Å². The lowest BCUT2D eigenvalue weighted by Crippen LogP contribution is -2.20. The van der Waals surface area contributed by atoms with E-state index in [1.165, 1.54) is 12.1 Å².